The van der Waals surface area contributed by atoms with Crippen LogP contribution in [-0.2, 0) is 47.8 Å². The monoisotopic (exact) mass is 354 g/mol. The second kappa shape index (κ2) is 18.0. The fraction of sp³-hybridized carbons (Fsp3) is 0.857. The highest BCUT2D eigenvalue weighted by Crippen LogP contribution is 1.88. The zero-order valence-corrected chi connectivity index (χ0v) is 14.2. The van der Waals surface area contributed by atoms with E-state index in [0.717, 1.165) is 0 Å². The molecule has 0 rings (SSSR count). The van der Waals surface area contributed by atoms with Gasteiger partial charge in [-0.1, -0.05) is 0 Å². The number of hydrogen-bond donors (Lipinski definition) is 0. The van der Waals surface area contributed by atoms with Crippen molar-refractivity contribution in [2.75, 3.05) is 80.3 Å². The van der Waals surface area contributed by atoms with E-state index in [1.807, 2.05) is 0 Å². The first-order valence-electron chi connectivity index (χ1n) is 7.39. The summed E-state index contributed by atoms with van der Waals surface area (Å²) >= 11 is 0. The summed E-state index contributed by atoms with van der Waals surface area (Å²) in [7, 11) is 3.14. The predicted molar refractivity (Wildman–Crippen MR) is 79.2 cm³/mol. The summed E-state index contributed by atoms with van der Waals surface area (Å²) in [6.07, 6.45) is 0. The van der Waals surface area contributed by atoms with Crippen molar-refractivity contribution in [2.24, 2.45) is 0 Å². The second-order valence-electron chi connectivity index (χ2n) is 4.23. The fourth-order valence-electron chi connectivity index (χ4n) is 1.18. The summed E-state index contributed by atoms with van der Waals surface area (Å²) < 4.78 is 29.7. The Kier molecular flexibility index (Phi) is 17.1. The number of methoxy groups -OCH3 is 2. The molecule has 0 spiro atoms. The van der Waals surface area contributed by atoms with Gasteiger partial charge >= 0.3 is 11.9 Å². The molecule has 0 aromatic carbocycles. The Balaban J connectivity index is 3.34. The van der Waals surface area contributed by atoms with Crippen LogP contribution in [-0.4, -0.2) is 92.2 Å². The molecule has 0 heterocycles. The number of carbonyl (C=O) groups excluding carboxylic acids is 2. The maximum atomic E-state index is 11.2. The first-order chi connectivity index (χ1) is 11.7. The molecule has 0 aliphatic heterocycles. The van der Waals surface area contributed by atoms with E-state index in [1.165, 1.54) is 0 Å². The van der Waals surface area contributed by atoms with E-state index in [0.29, 0.717) is 39.6 Å². The van der Waals surface area contributed by atoms with Crippen molar-refractivity contribution in [3.05, 3.63) is 0 Å². The van der Waals surface area contributed by atoms with Gasteiger partial charge < -0.3 is 28.4 Å². The molecule has 0 unspecified atom stereocenters. The highest BCUT2D eigenvalue weighted by atomic mass is 17.2. The van der Waals surface area contributed by atoms with E-state index in [-0.39, 0.29) is 26.4 Å². The van der Waals surface area contributed by atoms with Crippen LogP contribution in [0.4, 0.5) is 0 Å². The summed E-state index contributed by atoms with van der Waals surface area (Å²) in [5.74, 6) is -1.66. The first kappa shape index (κ1) is 22.7. The van der Waals surface area contributed by atoms with Crippen LogP contribution in [0.3, 0.4) is 0 Å². The van der Waals surface area contributed by atoms with Crippen molar-refractivity contribution in [1.29, 1.82) is 0 Å². The summed E-state index contributed by atoms with van der Waals surface area (Å²) in [4.78, 5) is 30.9. The van der Waals surface area contributed by atoms with Crippen molar-refractivity contribution in [2.45, 2.75) is 0 Å². The van der Waals surface area contributed by atoms with Crippen molar-refractivity contribution < 1.29 is 47.8 Å². The highest BCUT2D eigenvalue weighted by Gasteiger charge is 2.10. The molecular weight excluding hydrogens is 328 g/mol. The lowest BCUT2D eigenvalue weighted by molar-refractivity contribution is -0.264. The lowest BCUT2D eigenvalue weighted by Gasteiger charge is -2.06. The molecule has 0 saturated heterocycles. The smallest absolute Gasteiger partial charge is 0.380 e. The van der Waals surface area contributed by atoms with Gasteiger partial charge in [-0.15, -0.1) is 0 Å². The average molecular weight is 354 g/mol. The Labute approximate surface area is 141 Å². The third kappa shape index (κ3) is 17.1. The van der Waals surface area contributed by atoms with Crippen molar-refractivity contribution in [1.82, 2.24) is 0 Å². The molecule has 0 bridgehead atoms. The van der Waals surface area contributed by atoms with Crippen LogP contribution in [0.1, 0.15) is 0 Å². The Hall–Kier alpha value is -1.30. The molecule has 0 aromatic rings. The van der Waals surface area contributed by atoms with Gasteiger partial charge in [0.15, 0.2) is 0 Å². The highest BCUT2D eigenvalue weighted by molar-refractivity contribution is 5.74. The van der Waals surface area contributed by atoms with E-state index in [4.69, 9.17) is 28.4 Å². The molecule has 0 amide bonds. The van der Waals surface area contributed by atoms with Gasteiger partial charge in [-0.25, -0.2) is 19.4 Å². The lowest BCUT2D eigenvalue weighted by atomic mass is 10.7. The molecule has 0 fully saturated rings. The molecule has 0 radical (unpaired) electrons. The van der Waals surface area contributed by atoms with E-state index >= 15 is 0 Å². The van der Waals surface area contributed by atoms with Crippen LogP contribution < -0.4 is 0 Å². The standard InChI is InChI=1S/C14H26O10/c1-17-3-5-19-7-9-21-11-13(15)23-24-14(16)12-22-10-8-20-6-4-18-2/h3-12H2,1-2H3. The average Bonchev–Trinajstić information content (AvgIpc) is 2.58. The molecule has 0 atom stereocenters. The molecule has 0 N–H and O–H groups in total. The number of hydrogen-bond acceptors (Lipinski definition) is 10. The summed E-state index contributed by atoms with van der Waals surface area (Å²) in [6.45, 7) is 2.20. The van der Waals surface area contributed by atoms with Gasteiger partial charge in [-0.3, -0.25) is 0 Å². The molecule has 24 heavy (non-hydrogen) atoms. The van der Waals surface area contributed by atoms with Gasteiger partial charge in [0, 0.05) is 14.2 Å². The van der Waals surface area contributed by atoms with Crippen molar-refractivity contribution >= 4 is 11.9 Å². The van der Waals surface area contributed by atoms with Crippen molar-refractivity contribution in [3.8, 4) is 0 Å². The molecule has 0 aliphatic rings. The van der Waals surface area contributed by atoms with E-state index in [9.17, 15) is 9.59 Å². The maximum Gasteiger partial charge on any atom is 0.380 e. The Bertz CT molecular complexity index is 280. The maximum absolute atomic E-state index is 11.2. The van der Waals surface area contributed by atoms with Gasteiger partial charge in [0.05, 0.1) is 52.9 Å². The summed E-state index contributed by atoms with van der Waals surface area (Å²) in [6, 6.07) is 0. The Morgan fingerprint density at radius 1 is 0.542 bits per heavy atom. The number of rotatable bonds is 16. The van der Waals surface area contributed by atoms with Gasteiger partial charge in [-0.2, -0.15) is 0 Å². The normalized spacial score (nSPS) is 10.6. The minimum absolute atomic E-state index is 0.207. The first-order valence-corrected chi connectivity index (χ1v) is 7.39. The third-order valence-electron chi connectivity index (χ3n) is 2.27. The van der Waals surface area contributed by atoms with E-state index in [1.54, 1.807) is 14.2 Å². The fourth-order valence-corrected chi connectivity index (χ4v) is 1.18. The Morgan fingerprint density at radius 3 is 1.25 bits per heavy atom. The molecule has 10 nitrogen and oxygen atoms in total. The molecule has 0 saturated carbocycles. The lowest BCUT2D eigenvalue weighted by Crippen LogP contribution is -2.21. The van der Waals surface area contributed by atoms with Gasteiger partial charge in [-0.05, 0) is 0 Å². The van der Waals surface area contributed by atoms with Gasteiger partial charge in [0.25, 0.3) is 0 Å². The van der Waals surface area contributed by atoms with Gasteiger partial charge in [0.2, 0.25) is 0 Å². The third-order valence-corrected chi connectivity index (χ3v) is 2.27. The second-order valence-corrected chi connectivity index (χ2v) is 4.23. The van der Waals surface area contributed by atoms with Crippen LogP contribution in [0.25, 0.3) is 0 Å². The zero-order valence-electron chi connectivity index (χ0n) is 14.2. The SMILES string of the molecule is COCCOCCOCC(=O)OOC(=O)COCCOCCOC. The van der Waals surface area contributed by atoms with Crippen LogP contribution in [0.5, 0.6) is 0 Å². The van der Waals surface area contributed by atoms with Crippen LogP contribution in [0.15, 0.2) is 0 Å². The topological polar surface area (TPSA) is 108 Å². The van der Waals surface area contributed by atoms with E-state index < -0.39 is 11.9 Å². The number of carbonyl (C=O) groups is 2. The molecule has 0 aliphatic carbocycles. The van der Waals surface area contributed by atoms with Gasteiger partial charge in [0.1, 0.15) is 13.2 Å². The minimum atomic E-state index is -0.830. The van der Waals surface area contributed by atoms with Crippen LogP contribution >= 0.6 is 0 Å². The van der Waals surface area contributed by atoms with Crippen LogP contribution in [0.2, 0.25) is 0 Å². The predicted octanol–water partition coefficient (Wildman–Crippen LogP) is -0.653. The quantitative estimate of drug-likeness (QED) is 0.201. The zero-order chi connectivity index (χ0) is 17.9. The number of ether oxygens (including phenoxy) is 6. The van der Waals surface area contributed by atoms with Crippen LogP contribution in [0, 0.1) is 0 Å². The van der Waals surface area contributed by atoms with Crippen molar-refractivity contribution in [3.63, 3.8) is 0 Å². The van der Waals surface area contributed by atoms with E-state index in [2.05, 4.69) is 9.78 Å². The molecule has 10 heteroatoms. The Morgan fingerprint density at radius 2 is 0.875 bits per heavy atom. The summed E-state index contributed by atoms with van der Waals surface area (Å²) in [5, 5.41) is 0. The molecule has 0 aromatic heterocycles. The minimum Gasteiger partial charge on any atom is -0.382 e. The molecule has 142 valence electrons. The molecular formula is C14H26O10. The largest absolute Gasteiger partial charge is 0.382 e. The summed E-state index contributed by atoms with van der Waals surface area (Å²) in [5.41, 5.74) is 0.